The lowest BCUT2D eigenvalue weighted by Crippen LogP contribution is -2.19. The van der Waals surface area contributed by atoms with Crippen molar-refractivity contribution in [2.45, 2.75) is 31.7 Å². The van der Waals surface area contributed by atoms with E-state index in [4.69, 9.17) is 0 Å². The van der Waals surface area contributed by atoms with Crippen molar-refractivity contribution in [2.24, 2.45) is 0 Å². The molecule has 9 nitrogen and oxygen atoms in total. The van der Waals surface area contributed by atoms with Crippen molar-refractivity contribution in [2.75, 3.05) is 17.2 Å². The summed E-state index contributed by atoms with van der Waals surface area (Å²) >= 11 is 0. The van der Waals surface area contributed by atoms with Crippen LogP contribution < -0.4 is 16.0 Å². The van der Waals surface area contributed by atoms with Crippen LogP contribution in [-0.2, 0) is 16.0 Å². The smallest absolute Gasteiger partial charge is 0.254 e. The number of carbonyl (C=O) groups is 2. The molecule has 1 aliphatic carbocycles. The second-order valence-electron chi connectivity index (χ2n) is 7.66. The topological polar surface area (TPSA) is 113 Å². The van der Waals surface area contributed by atoms with Crippen molar-refractivity contribution in [3.8, 4) is 0 Å². The first-order valence-electron chi connectivity index (χ1n) is 10.1. The average Bonchev–Trinajstić information content (AvgIpc) is 3.36. The van der Waals surface area contributed by atoms with Crippen molar-refractivity contribution >= 4 is 35.4 Å². The van der Waals surface area contributed by atoms with Crippen molar-refractivity contribution < 1.29 is 14.0 Å². The summed E-state index contributed by atoms with van der Waals surface area (Å²) in [6.45, 7) is 0.519. The Bertz CT molecular complexity index is 1220. The van der Waals surface area contributed by atoms with E-state index in [2.05, 4.69) is 31.0 Å². The van der Waals surface area contributed by atoms with E-state index in [9.17, 15) is 14.0 Å². The van der Waals surface area contributed by atoms with Crippen LogP contribution in [0.4, 0.5) is 16.3 Å². The Morgan fingerprint density at radius 3 is 2.87 bits per heavy atom. The standard InChI is InChI=1S/C21H20FN7O2/c22-15-3-1-2-12(8-15)6-7-23-21-28-20(25-16-4-5-16)27-18-14(11-24-29(18)21)9-13-10-17(30)26-19(13)31/h1-3,8-9,11,16H,4-7,10H2,(H,26,30,31)(H2,23,25,27,28)/b13-9+. The van der Waals surface area contributed by atoms with Gasteiger partial charge >= 0.3 is 0 Å². The van der Waals surface area contributed by atoms with Crippen molar-refractivity contribution in [1.29, 1.82) is 0 Å². The molecule has 0 atom stereocenters. The predicted molar refractivity (Wildman–Crippen MR) is 112 cm³/mol. The third-order valence-corrected chi connectivity index (χ3v) is 5.12. The minimum absolute atomic E-state index is 0.0349. The fourth-order valence-corrected chi connectivity index (χ4v) is 3.41. The molecule has 2 aromatic heterocycles. The molecular weight excluding hydrogens is 401 g/mol. The van der Waals surface area contributed by atoms with Gasteiger partial charge in [0, 0.05) is 23.7 Å². The number of nitrogens with zero attached hydrogens (tertiary/aromatic N) is 4. The van der Waals surface area contributed by atoms with Gasteiger partial charge in [-0.05, 0) is 43.0 Å². The SMILES string of the molecule is O=C1C/C(=C\c2cnn3c(NCCc4cccc(F)c4)nc(NC4CC4)nc23)C(=O)N1. The van der Waals surface area contributed by atoms with Crippen LogP contribution in [0.25, 0.3) is 11.7 Å². The summed E-state index contributed by atoms with van der Waals surface area (Å²) in [5.74, 6) is -0.0325. The van der Waals surface area contributed by atoms with Gasteiger partial charge in [0.05, 0.1) is 12.6 Å². The van der Waals surface area contributed by atoms with Crippen molar-refractivity contribution in [1.82, 2.24) is 24.9 Å². The van der Waals surface area contributed by atoms with E-state index in [0.29, 0.717) is 47.7 Å². The van der Waals surface area contributed by atoms with Crippen LogP contribution in [-0.4, -0.2) is 44.0 Å². The average molecular weight is 421 g/mol. The molecule has 1 aliphatic heterocycles. The molecule has 2 aliphatic rings. The highest BCUT2D eigenvalue weighted by Crippen LogP contribution is 2.25. The number of carbonyl (C=O) groups excluding carboxylic acids is 2. The highest BCUT2D eigenvalue weighted by atomic mass is 19.1. The number of nitrogens with one attached hydrogen (secondary N) is 3. The van der Waals surface area contributed by atoms with E-state index >= 15 is 0 Å². The molecule has 10 heteroatoms. The van der Waals surface area contributed by atoms with E-state index < -0.39 is 5.91 Å². The Morgan fingerprint density at radius 2 is 2.13 bits per heavy atom. The summed E-state index contributed by atoms with van der Waals surface area (Å²) < 4.78 is 15.0. The monoisotopic (exact) mass is 421 g/mol. The summed E-state index contributed by atoms with van der Waals surface area (Å²) in [5, 5.41) is 13.2. The maximum Gasteiger partial charge on any atom is 0.254 e. The zero-order valence-corrected chi connectivity index (χ0v) is 16.6. The summed E-state index contributed by atoms with van der Waals surface area (Å²) in [6.07, 6.45) is 5.99. The third-order valence-electron chi connectivity index (χ3n) is 5.12. The number of anilines is 2. The van der Waals surface area contributed by atoms with Gasteiger partial charge in [-0.25, -0.2) is 4.39 Å². The number of benzene rings is 1. The molecule has 0 unspecified atom stereocenters. The summed E-state index contributed by atoms with van der Waals surface area (Å²) in [4.78, 5) is 32.5. The van der Waals surface area contributed by atoms with Crippen LogP contribution in [0.3, 0.4) is 0 Å². The Hall–Kier alpha value is -3.82. The Balaban J connectivity index is 1.44. The molecule has 31 heavy (non-hydrogen) atoms. The lowest BCUT2D eigenvalue weighted by atomic mass is 10.1. The van der Waals surface area contributed by atoms with Gasteiger partial charge in [-0.3, -0.25) is 14.9 Å². The lowest BCUT2D eigenvalue weighted by molar-refractivity contribution is -0.124. The van der Waals surface area contributed by atoms with Crippen LogP contribution in [0.15, 0.2) is 36.0 Å². The largest absolute Gasteiger partial charge is 0.354 e. The molecule has 0 bridgehead atoms. The van der Waals surface area contributed by atoms with Crippen molar-refractivity contribution in [3.63, 3.8) is 0 Å². The van der Waals surface area contributed by atoms with Gasteiger partial charge < -0.3 is 10.6 Å². The van der Waals surface area contributed by atoms with E-state index in [0.717, 1.165) is 18.4 Å². The molecule has 0 spiro atoms. The normalized spacial score (nSPS) is 17.4. The zero-order chi connectivity index (χ0) is 21.4. The number of amides is 2. The fourth-order valence-electron chi connectivity index (χ4n) is 3.41. The van der Waals surface area contributed by atoms with Crippen LogP contribution >= 0.6 is 0 Å². The molecule has 0 radical (unpaired) electrons. The molecule has 5 rings (SSSR count). The molecule has 1 saturated carbocycles. The minimum Gasteiger partial charge on any atom is -0.354 e. The summed E-state index contributed by atoms with van der Waals surface area (Å²) in [6, 6.07) is 6.82. The first kappa shape index (κ1) is 19.2. The fraction of sp³-hybridized carbons (Fsp3) is 0.286. The molecule has 2 fully saturated rings. The highest BCUT2D eigenvalue weighted by Gasteiger charge is 2.25. The van der Waals surface area contributed by atoms with Crippen LogP contribution in [0, 0.1) is 5.82 Å². The maximum atomic E-state index is 13.4. The van der Waals surface area contributed by atoms with Gasteiger partial charge in [0.1, 0.15) is 5.82 Å². The molecule has 1 aromatic carbocycles. The van der Waals surface area contributed by atoms with Gasteiger partial charge in [0.2, 0.25) is 17.8 Å². The van der Waals surface area contributed by atoms with Gasteiger partial charge in [0.25, 0.3) is 5.91 Å². The molecule has 1 saturated heterocycles. The number of hydrogen-bond donors (Lipinski definition) is 3. The van der Waals surface area contributed by atoms with Crippen LogP contribution in [0.5, 0.6) is 0 Å². The first-order chi connectivity index (χ1) is 15.0. The first-order valence-corrected chi connectivity index (χ1v) is 10.1. The number of aromatic nitrogens is 4. The molecule has 2 amide bonds. The predicted octanol–water partition coefficient (Wildman–Crippen LogP) is 1.92. The number of fused-ring (bicyclic) bond motifs is 1. The molecule has 158 valence electrons. The minimum atomic E-state index is -0.400. The second-order valence-corrected chi connectivity index (χ2v) is 7.66. The number of halogens is 1. The third kappa shape index (κ3) is 4.23. The van der Waals surface area contributed by atoms with Crippen LogP contribution in [0.1, 0.15) is 30.4 Å². The van der Waals surface area contributed by atoms with Gasteiger partial charge in [0.15, 0.2) is 5.65 Å². The van der Waals surface area contributed by atoms with Crippen LogP contribution in [0.2, 0.25) is 0 Å². The maximum absolute atomic E-state index is 13.4. The quantitative estimate of drug-likeness (QED) is 0.395. The van der Waals surface area contributed by atoms with Gasteiger partial charge in [-0.1, -0.05) is 12.1 Å². The Labute approximate surface area is 176 Å². The molecule has 3 aromatic rings. The Kier molecular flexibility index (Phi) is 4.81. The van der Waals surface area contributed by atoms with Gasteiger partial charge in [-0.2, -0.15) is 19.6 Å². The molecular formula is C21H20FN7O2. The zero-order valence-electron chi connectivity index (χ0n) is 16.6. The van der Waals surface area contributed by atoms with E-state index in [1.807, 2.05) is 6.07 Å². The van der Waals surface area contributed by atoms with E-state index in [1.54, 1.807) is 22.9 Å². The van der Waals surface area contributed by atoms with Crippen molar-refractivity contribution in [3.05, 3.63) is 53.0 Å². The Morgan fingerprint density at radius 1 is 1.26 bits per heavy atom. The number of imide groups is 1. The van der Waals surface area contributed by atoms with Gasteiger partial charge in [-0.15, -0.1) is 0 Å². The lowest BCUT2D eigenvalue weighted by Gasteiger charge is -2.10. The molecule has 3 N–H and O–H groups in total. The number of rotatable bonds is 7. The summed E-state index contributed by atoms with van der Waals surface area (Å²) in [5.41, 5.74) is 2.38. The number of hydrogen-bond acceptors (Lipinski definition) is 7. The van der Waals surface area contributed by atoms with E-state index in [-0.39, 0.29) is 18.1 Å². The van der Waals surface area contributed by atoms with E-state index in [1.165, 1.54) is 12.1 Å². The molecule has 3 heterocycles. The summed E-state index contributed by atoms with van der Waals surface area (Å²) in [7, 11) is 0. The second kappa shape index (κ2) is 7.78. The highest BCUT2D eigenvalue weighted by molar-refractivity contribution is 6.15.